The molecule has 2 rings (SSSR count). The Hall–Kier alpha value is -0.370. The van der Waals surface area contributed by atoms with Crippen LogP contribution in [0.2, 0.25) is 0 Å². The van der Waals surface area contributed by atoms with Crippen molar-refractivity contribution >= 4 is 15.9 Å². The lowest BCUT2D eigenvalue weighted by molar-refractivity contribution is 0.280. The molecule has 0 aromatic heterocycles. The molecule has 1 aromatic rings. The monoisotopic (exact) mass is 242 g/mol. The molecule has 0 nitrogen and oxygen atoms in total. The molecular weight excluding hydrogens is 231 g/mol. The van der Waals surface area contributed by atoms with Gasteiger partial charge in [0.05, 0.1) is 0 Å². The standard InChI is InChI=1S/C11H12BrF/c12-8-11(5-2-6-11)9-3-1-4-10(13)7-9/h1,3-4,7H,2,5-6,8H2. The normalized spacial score (nSPS) is 19.5. The van der Waals surface area contributed by atoms with E-state index in [0.717, 1.165) is 10.9 Å². The van der Waals surface area contributed by atoms with Crippen LogP contribution in [-0.2, 0) is 5.41 Å². The molecule has 0 saturated heterocycles. The summed E-state index contributed by atoms with van der Waals surface area (Å²) >= 11 is 3.52. The van der Waals surface area contributed by atoms with Crippen LogP contribution in [0.25, 0.3) is 0 Å². The highest BCUT2D eigenvalue weighted by Gasteiger charge is 2.37. The minimum Gasteiger partial charge on any atom is -0.207 e. The second-order valence-corrected chi connectivity index (χ2v) is 4.34. The lowest BCUT2D eigenvalue weighted by atomic mass is 9.66. The molecule has 1 fully saturated rings. The predicted molar refractivity (Wildman–Crippen MR) is 55.7 cm³/mol. The van der Waals surface area contributed by atoms with Gasteiger partial charge in [0.1, 0.15) is 5.82 Å². The van der Waals surface area contributed by atoms with E-state index in [9.17, 15) is 4.39 Å². The zero-order chi connectivity index (χ0) is 9.31. The molecule has 0 atom stereocenters. The third-order valence-electron chi connectivity index (χ3n) is 3.00. The van der Waals surface area contributed by atoms with E-state index in [2.05, 4.69) is 15.9 Å². The van der Waals surface area contributed by atoms with Crippen LogP contribution < -0.4 is 0 Å². The van der Waals surface area contributed by atoms with Gasteiger partial charge in [-0.3, -0.25) is 0 Å². The van der Waals surface area contributed by atoms with Crippen LogP contribution in [-0.4, -0.2) is 5.33 Å². The fraction of sp³-hybridized carbons (Fsp3) is 0.455. The average Bonchev–Trinajstić information content (AvgIpc) is 2.03. The number of benzene rings is 1. The van der Waals surface area contributed by atoms with Gasteiger partial charge < -0.3 is 0 Å². The second-order valence-electron chi connectivity index (χ2n) is 3.78. The Labute approximate surface area is 86.3 Å². The van der Waals surface area contributed by atoms with Gasteiger partial charge >= 0.3 is 0 Å². The molecule has 0 amide bonds. The minimum atomic E-state index is -0.121. The van der Waals surface area contributed by atoms with E-state index in [1.165, 1.54) is 25.3 Å². The molecule has 1 aliphatic rings. The summed E-state index contributed by atoms with van der Waals surface area (Å²) in [4.78, 5) is 0. The van der Waals surface area contributed by atoms with Crippen LogP contribution in [0, 0.1) is 5.82 Å². The van der Waals surface area contributed by atoms with Gasteiger partial charge in [0.25, 0.3) is 0 Å². The molecule has 1 aromatic carbocycles. The van der Waals surface area contributed by atoms with E-state index in [4.69, 9.17) is 0 Å². The molecule has 0 unspecified atom stereocenters. The molecule has 0 aliphatic heterocycles. The predicted octanol–water partition coefficient (Wildman–Crippen LogP) is 3.64. The van der Waals surface area contributed by atoms with E-state index in [-0.39, 0.29) is 11.2 Å². The van der Waals surface area contributed by atoms with Gasteiger partial charge in [0.15, 0.2) is 0 Å². The first-order valence-corrected chi connectivity index (χ1v) is 5.71. The van der Waals surface area contributed by atoms with Crippen molar-refractivity contribution in [1.82, 2.24) is 0 Å². The molecule has 2 heteroatoms. The summed E-state index contributed by atoms with van der Waals surface area (Å²) in [7, 11) is 0. The molecule has 0 heterocycles. The second kappa shape index (κ2) is 3.41. The molecule has 13 heavy (non-hydrogen) atoms. The third kappa shape index (κ3) is 1.52. The highest BCUT2D eigenvalue weighted by atomic mass is 79.9. The number of hydrogen-bond donors (Lipinski definition) is 0. The Morgan fingerprint density at radius 2 is 2.15 bits per heavy atom. The summed E-state index contributed by atoms with van der Waals surface area (Å²) in [6.07, 6.45) is 3.63. The maximum Gasteiger partial charge on any atom is 0.123 e. The highest BCUT2D eigenvalue weighted by Crippen LogP contribution is 2.44. The van der Waals surface area contributed by atoms with Crippen LogP contribution in [0.1, 0.15) is 24.8 Å². The van der Waals surface area contributed by atoms with E-state index in [0.29, 0.717) is 0 Å². The van der Waals surface area contributed by atoms with Crippen molar-refractivity contribution in [2.75, 3.05) is 5.33 Å². The fourth-order valence-electron chi connectivity index (χ4n) is 1.92. The minimum absolute atomic E-state index is 0.121. The molecule has 0 bridgehead atoms. The summed E-state index contributed by atoms with van der Waals surface area (Å²) in [5.74, 6) is -0.121. The first kappa shape index (κ1) is 9.20. The fourth-order valence-corrected chi connectivity index (χ4v) is 2.81. The van der Waals surface area contributed by atoms with Crippen molar-refractivity contribution in [2.45, 2.75) is 24.7 Å². The van der Waals surface area contributed by atoms with Crippen molar-refractivity contribution in [3.05, 3.63) is 35.6 Å². The Morgan fingerprint density at radius 1 is 1.38 bits per heavy atom. The van der Waals surface area contributed by atoms with Gasteiger partial charge in [0.2, 0.25) is 0 Å². The van der Waals surface area contributed by atoms with Crippen molar-refractivity contribution in [3.63, 3.8) is 0 Å². The lowest BCUT2D eigenvalue weighted by Crippen LogP contribution is -2.35. The van der Waals surface area contributed by atoms with Gasteiger partial charge in [0, 0.05) is 10.7 Å². The van der Waals surface area contributed by atoms with E-state index in [1.807, 2.05) is 6.07 Å². The van der Waals surface area contributed by atoms with Crippen LogP contribution >= 0.6 is 15.9 Å². The first-order chi connectivity index (χ1) is 6.27. The molecule has 1 aliphatic carbocycles. The number of hydrogen-bond acceptors (Lipinski definition) is 0. The Bertz CT molecular complexity index is 299. The van der Waals surface area contributed by atoms with E-state index < -0.39 is 0 Å². The summed E-state index contributed by atoms with van der Waals surface area (Å²) in [6, 6.07) is 7.00. The Balaban J connectivity index is 2.33. The van der Waals surface area contributed by atoms with E-state index in [1.54, 1.807) is 12.1 Å². The average molecular weight is 243 g/mol. The molecule has 0 N–H and O–H groups in total. The Kier molecular flexibility index (Phi) is 2.41. The quantitative estimate of drug-likeness (QED) is 0.695. The summed E-state index contributed by atoms with van der Waals surface area (Å²) < 4.78 is 13.0. The lowest BCUT2D eigenvalue weighted by Gasteiger charge is -2.41. The van der Waals surface area contributed by atoms with E-state index >= 15 is 0 Å². The smallest absolute Gasteiger partial charge is 0.123 e. The molecule has 0 spiro atoms. The number of halogens is 2. The van der Waals surface area contributed by atoms with Crippen LogP contribution in [0.5, 0.6) is 0 Å². The van der Waals surface area contributed by atoms with Gasteiger partial charge in [-0.25, -0.2) is 4.39 Å². The van der Waals surface area contributed by atoms with Crippen molar-refractivity contribution in [3.8, 4) is 0 Å². The Morgan fingerprint density at radius 3 is 2.62 bits per heavy atom. The number of rotatable bonds is 2. The molecular formula is C11H12BrF. The third-order valence-corrected chi connectivity index (χ3v) is 4.08. The van der Waals surface area contributed by atoms with Crippen LogP contribution in [0.3, 0.4) is 0 Å². The largest absolute Gasteiger partial charge is 0.207 e. The SMILES string of the molecule is Fc1cccc(C2(CBr)CCC2)c1. The number of alkyl halides is 1. The van der Waals surface area contributed by atoms with Crippen molar-refractivity contribution in [1.29, 1.82) is 0 Å². The zero-order valence-electron chi connectivity index (χ0n) is 7.39. The maximum absolute atomic E-state index is 13.0. The molecule has 0 radical (unpaired) electrons. The van der Waals surface area contributed by atoms with Gasteiger partial charge in [-0.1, -0.05) is 34.5 Å². The summed E-state index contributed by atoms with van der Waals surface area (Å²) in [5, 5.41) is 0.948. The van der Waals surface area contributed by atoms with Crippen molar-refractivity contribution in [2.24, 2.45) is 0 Å². The van der Waals surface area contributed by atoms with Crippen molar-refractivity contribution < 1.29 is 4.39 Å². The maximum atomic E-state index is 13.0. The first-order valence-electron chi connectivity index (χ1n) is 4.59. The van der Waals surface area contributed by atoms with Gasteiger partial charge in [-0.2, -0.15) is 0 Å². The summed E-state index contributed by atoms with van der Waals surface area (Å²) in [5.41, 5.74) is 1.37. The van der Waals surface area contributed by atoms with Crippen LogP contribution in [0.15, 0.2) is 24.3 Å². The van der Waals surface area contributed by atoms with Gasteiger partial charge in [-0.05, 0) is 30.5 Å². The van der Waals surface area contributed by atoms with Crippen LogP contribution in [0.4, 0.5) is 4.39 Å². The highest BCUT2D eigenvalue weighted by molar-refractivity contribution is 9.09. The zero-order valence-corrected chi connectivity index (χ0v) is 8.98. The molecule has 70 valence electrons. The topological polar surface area (TPSA) is 0 Å². The summed E-state index contributed by atoms with van der Waals surface area (Å²) in [6.45, 7) is 0. The molecule has 1 saturated carbocycles. The van der Waals surface area contributed by atoms with Gasteiger partial charge in [-0.15, -0.1) is 0 Å².